The van der Waals surface area contributed by atoms with Gasteiger partial charge in [0, 0.05) is 17.8 Å². The van der Waals surface area contributed by atoms with Crippen molar-refractivity contribution in [3.8, 4) is 0 Å². The molecule has 0 spiro atoms. The monoisotopic (exact) mass is 341 g/mol. The molecule has 1 aliphatic heterocycles. The van der Waals surface area contributed by atoms with Crippen LogP contribution in [0.2, 0.25) is 0 Å². The van der Waals surface area contributed by atoms with Gasteiger partial charge in [0.1, 0.15) is 5.82 Å². The van der Waals surface area contributed by atoms with Crippen molar-refractivity contribution < 1.29 is 14.0 Å². The number of nitrogens with two attached hydrogens (primary N) is 1. The number of fused-ring (bicyclic) bond motifs is 1. The second-order valence-corrected chi connectivity index (χ2v) is 6.15. The van der Waals surface area contributed by atoms with Crippen molar-refractivity contribution in [3.63, 3.8) is 0 Å². The van der Waals surface area contributed by atoms with E-state index in [1.54, 1.807) is 35.2 Å². The summed E-state index contributed by atoms with van der Waals surface area (Å²) >= 11 is 0. The molecular weight excluding hydrogens is 321 g/mol. The zero-order valence-electron chi connectivity index (χ0n) is 14.0. The molecule has 1 aliphatic rings. The van der Waals surface area contributed by atoms with E-state index in [0.29, 0.717) is 12.1 Å². The average Bonchev–Trinajstić information content (AvgIpc) is 2.61. The molecule has 6 heteroatoms. The lowest BCUT2D eigenvalue weighted by Crippen LogP contribution is -2.41. The summed E-state index contributed by atoms with van der Waals surface area (Å²) in [7, 11) is 0. The van der Waals surface area contributed by atoms with Crippen LogP contribution >= 0.6 is 0 Å². The lowest BCUT2D eigenvalue weighted by atomic mass is 9.93. The van der Waals surface area contributed by atoms with Crippen molar-refractivity contribution >= 4 is 17.5 Å². The van der Waals surface area contributed by atoms with Gasteiger partial charge in [-0.3, -0.25) is 9.59 Å². The normalized spacial score (nSPS) is 16.2. The zero-order chi connectivity index (χ0) is 18.0. The van der Waals surface area contributed by atoms with Gasteiger partial charge in [0.15, 0.2) is 0 Å². The van der Waals surface area contributed by atoms with Crippen LogP contribution in [-0.4, -0.2) is 29.8 Å². The summed E-state index contributed by atoms with van der Waals surface area (Å²) < 4.78 is 13.5. The van der Waals surface area contributed by atoms with Crippen LogP contribution in [0.15, 0.2) is 42.5 Å². The van der Waals surface area contributed by atoms with Crippen LogP contribution in [-0.2, 0) is 11.2 Å². The van der Waals surface area contributed by atoms with Crippen molar-refractivity contribution in [2.45, 2.75) is 19.4 Å². The highest BCUT2D eigenvalue weighted by Crippen LogP contribution is 2.30. The molecule has 0 fully saturated rings. The molecule has 1 heterocycles. The molecule has 2 aromatic carbocycles. The fourth-order valence-electron chi connectivity index (χ4n) is 3.16. The van der Waals surface area contributed by atoms with Gasteiger partial charge in [-0.05, 0) is 60.9 Å². The molecule has 0 aliphatic carbocycles. The standard InChI is InChI=1S/C19H20FN3O2/c1-12-17-10-15(20)5-2-13(17)8-9-23(12)18(24)11-22-16-6-3-14(4-7-16)19(21)25/h2-7,10,12,22H,8-9,11H2,1H3,(H2,21,25)/t12-/m0/s1. The maximum Gasteiger partial charge on any atom is 0.248 e. The van der Waals surface area contributed by atoms with Gasteiger partial charge in [-0.2, -0.15) is 0 Å². The van der Waals surface area contributed by atoms with Crippen LogP contribution in [0.4, 0.5) is 10.1 Å². The van der Waals surface area contributed by atoms with Crippen LogP contribution in [0.25, 0.3) is 0 Å². The number of carbonyl (C=O) groups excluding carboxylic acids is 2. The van der Waals surface area contributed by atoms with Gasteiger partial charge in [-0.25, -0.2) is 4.39 Å². The van der Waals surface area contributed by atoms with Crippen LogP contribution in [0, 0.1) is 5.82 Å². The fraction of sp³-hybridized carbons (Fsp3) is 0.263. The van der Waals surface area contributed by atoms with Crippen molar-refractivity contribution in [2.24, 2.45) is 5.73 Å². The maximum absolute atomic E-state index is 13.5. The summed E-state index contributed by atoms with van der Waals surface area (Å²) in [5, 5.41) is 3.05. The number of benzene rings is 2. The molecule has 3 N–H and O–H groups in total. The van der Waals surface area contributed by atoms with Crippen molar-refractivity contribution in [2.75, 3.05) is 18.4 Å². The Morgan fingerprint density at radius 2 is 1.96 bits per heavy atom. The number of amides is 2. The molecule has 1 atom stereocenters. The first-order valence-electron chi connectivity index (χ1n) is 8.17. The first kappa shape index (κ1) is 17.0. The lowest BCUT2D eigenvalue weighted by Gasteiger charge is -2.35. The Balaban J connectivity index is 1.64. The summed E-state index contributed by atoms with van der Waals surface area (Å²) in [5.41, 5.74) is 8.31. The molecule has 0 saturated carbocycles. The van der Waals surface area contributed by atoms with Crippen LogP contribution in [0.5, 0.6) is 0 Å². The van der Waals surface area contributed by atoms with Crippen LogP contribution in [0.1, 0.15) is 34.5 Å². The van der Waals surface area contributed by atoms with E-state index in [1.807, 2.05) is 6.92 Å². The Morgan fingerprint density at radius 3 is 2.64 bits per heavy atom. The zero-order valence-corrected chi connectivity index (χ0v) is 14.0. The summed E-state index contributed by atoms with van der Waals surface area (Å²) in [6.07, 6.45) is 0.721. The highest BCUT2D eigenvalue weighted by Gasteiger charge is 2.27. The summed E-state index contributed by atoms with van der Waals surface area (Å²) in [6, 6.07) is 11.2. The Kier molecular flexibility index (Phi) is 4.70. The Bertz CT molecular complexity index is 805. The molecule has 0 unspecified atom stereocenters. The van der Waals surface area contributed by atoms with Gasteiger partial charge in [-0.1, -0.05) is 6.07 Å². The molecule has 5 nitrogen and oxygen atoms in total. The van der Waals surface area contributed by atoms with E-state index in [2.05, 4.69) is 5.32 Å². The number of nitrogens with zero attached hydrogens (tertiary/aromatic N) is 1. The Labute approximate surface area is 145 Å². The predicted octanol–water partition coefficient (Wildman–Crippen LogP) is 2.48. The highest BCUT2D eigenvalue weighted by molar-refractivity contribution is 5.93. The predicted molar refractivity (Wildman–Crippen MR) is 93.7 cm³/mol. The molecular formula is C19H20FN3O2. The number of anilines is 1. The third kappa shape index (κ3) is 3.63. The first-order valence-corrected chi connectivity index (χ1v) is 8.17. The van der Waals surface area contributed by atoms with E-state index in [0.717, 1.165) is 23.2 Å². The number of rotatable bonds is 4. The number of nitrogens with one attached hydrogen (secondary N) is 1. The summed E-state index contributed by atoms with van der Waals surface area (Å²) in [6.45, 7) is 2.66. The van der Waals surface area contributed by atoms with E-state index in [1.165, 1.54) is 12.1 Å². The van der Waals surface area contributed by atoms with Gasteiger partial charge < -0.3 is 16.0 Å². The number of primary amides is 1. The minimum absolute atomic E-state index is 0.0543. The second kappa shape index (κ2) is 6.93. The average molecular weight is 341 g/mol. The van der Waals surface area contributed by atoms with Gasteiger partial charge >= 0.3 is 0 Å². The van der Waals surface area contributed by atoms with Gasteiger partial charge in [-0.15, -0.1) is 0 Å². The number of hydrogen-bond donors (Lipinski definition) is 2. The summed E-state index contributed by atoms with van der Waals surface area (Å²) in [4.78, 5) is 25.4. The molecule has 3 rings (SSSR count). The van der Waals surface area contributed by atoms with E-state index < -0.39 is 5.91 Å². The molecule has 2 amide bonds. The molecule has 0 bridgehead atoms. The molecule has 0 aromatic heterocycles. The fourth-order valence-corrected chi connectivity index (χ4v) is 3.16. The first-order chi connectivity index (χ1) is 12.0. The van der Waals surface area contributed by atoms with Gasteiger partial charge in [0.2, 0.25) is 11.8 Å². The number of hydrogen-bond acceptors (Lipinski definition) is 3. The maximum atomic E-state index is 13.5. The second-order valence-electron chi connectivity index (χ2n) is 6.15. The summed E-state index contributed by atoms with van der Waals surface area (Å²) in [5.74, 6) is -0.829. The molecule has 130 valence electrons. The van der Waals surface area contributed by atoms with Crippen molar-refractivity contribution in [1.29, 1.82) is 0 Å². The van der Waals surface area contributed by atoms with E-state index >= 15 is 0 Å². The van der Waals surface area contributed by atoms with E-state index in [9.17, 15) is 14.0 Å². The largest absolute Gasteiger partial charge is 0.376 e. The third-order valence-electron chi connectivity index (χ3n) is 4.58. The van der Waals surface area contributed by atoms with E-state index in [4.69, 9.17) is 5.73 Å². The molecule has 0 radical (unpaired) electrons. The highest BCUT2D eigenvalue weighted by atomic mass is 19.1. The minimum atomic E-state index is -0.490. The van der Waals surface area contributed by atoms with Crippen molar-refractivity contribution in [1.82, 2.24) is 4.90 Å². The smallest absolute Gasteiger partial charge is 0.248 e. The minimum Gasteiger partial charge on any atom is -0.376 e. The van der Waals surface area contributed by atoms with Gasteiger partial charge in [0.05, 0.1) is 12.6 Å². The molecule has 25 heavy (non-hydrogen) atoms. The third-order valence-corrected chi connectivity index (χ3v) is 4.58. The topological polar surface area (TPSA) is 75.4 Å². The Hall–Kier alpha value is -2.89. The van der Waals surface area contributed by atoms with Gasteiger partial charge in [0.25, 0.3) is 0 Å². The van der Waals surface area contributed by atoms with Crippen LogP contribution < -0.4 is 11.1 Å². The molecule has 0 saturated heterocycles. The number of halogens is 1. The Morgan fingerprint density at radius 1 is 1.24 bits per heavy atom. The quantitative estimate of drug-likeness (QED) is 0.897. The SMILES string of the molecule is C[C@H]1c2cc(F)ccc2CCN1C(=O)CNc1ccc(C(N)=O)cc1. The van der Waals surface area contributed by atoms with Crippen molar-refractivity contribution in [3.05, 3.63) is 65.0 Å². The molecule has 2 aromatic rings. The van der Waals surface area contributed by atoms with Crippen LogP contribution in [0.3, 0.4) is 0 Å². The number of carbonyl (C=O) groups is 2. The van der Waals surface area contributed by atoms with E-state index in [-0.39, 0.29) is 24.3 Å². The lowest BCUT2D eigenvalue weighted by molar-refractivity contribution is -0.131.